The number of anilines is 1. The van der Waals surface area contributed by atoms with Gasteiger partial charge in [0.2, 0.25) is 0 Å². The Balaban J connectivity index is 2.96. The van der Waals surface area contributed by atoms with E-state index in [0.29, 0.717) is 18.4 Å². The largest absolute Gasteiger partial charge is 0.370 e. The maximum atomic E-state index is 6.44. The molecule has 0 aromatic heterocycles. The summed E-state index contributed by atoms with van der Waals surface area (Å²) in [6.07, 6.45) is 2.35. The van der Waals surface area contributed by atoms with Crippen LogP contribution in [-0.4, -0.2) is 13.1 Å². The van der Waals surface area contributed by atoms with Crippen molar-refractivity contribution in [3.8, 4) is 0 Å². The molecule has 1 aromatic rings. The molecule has 0 aliphatic carbocycles. The molecule has 1 aromatic carbocycles. The minimum absolute atomic E-state index is 0.537. The van der Waals surface area contributed by atoms with Gasteiger partial charge in [-0.25, -0.2) is 0 Å². The van der Waals surface area contributed by atoms with Crippen molar-refractivity contribution in [3.63, 3.8) is 0 Å². The minimum atomic E-state index is 0.537. The van der Waals surface area contributed by atoms with E-state index in [4.69, 9.17) is 17.3 Å². The fraction of sp³-hybridized carbons (Fsp3) is 0.647. The van der Waals surface area contributed by atoms with Crippen molar-refractivity contribution in [3.05, 3.63) is 28.8 Å². The molecule has 0 fully saturated rings. The van der Waals surface area contributed by atoms with E-state index < -0.39 is 0 Å². The van der Waals surface area contributed by atoms with Gasteiger partial charge in [0.15, 0.2) is 0 Å². The quantitative estimate of drug-likeness (QED) is 0.753. The third-order valence-electron chi connectivity index (χ3n) is 3.56. The predicted molar refractivity (Wildman–Crippen MR) is 90.5 cm³/mol. The second kappa shape index (κ2) is 8.53. The molecule has 0 saturated heterocycles. The zero-order valence-electron chi connectivity index (χ0n) is 13.3. The standard InChI is InChI=1S/C17H29ClN2/c1-13(2)8-10-20(11-9-14(3)4)17-15(12-19)6-5-7-16(17)18/h5-7,13-14H,8-12,19H2,1-4H3. The van der Waals surface area contributed by atoms with E-state index in [1.807, 2.05) is 12.1 Å². The SMILES string of the molecule is CC(C)CCN(CCC(C)C)c1c(Cl)cccc1CN. The lowest BCUT2D eigenvalue weighted by molar-refractivity contribution is 0.534. The molecule has 0 atom stereocenters. The van der Waals surface area contributed by atoms with E-state index in [0.717, 1.165) is 29.4 Å². The number of hydrogen-bond donors (Lipinski definition) is 1. The van der Waals surface area contributed by atoms with Crippen molar-refractivity contribution < 1.29 is 0 Å². The van der Waals surface area contributed by atoms with Crippen LogP contribution in [0.3, 0.4) is 0 Å². The molecule has 0 radical (unpaired) electrons. The zero-order valence-corrected chi connectivity index (χ0v) is 14.1. The molecule has 0 bridgehead atoms. The Kier molecular flexibility index (Phi) is 7.39. The first-order valence-electron chi connectivity index (χ1n) is 7.68. The van der Waals surface area contributed by atoms with Crippen molar-refractivity contribution in [2.45, 2.75) is 47.1 Å². The van der Waals surface area contributed by atoms with Crippen molar-refractivity contribution in [1.82, 2.24) is 0 Å². The van der Waals surface area contributed by atoms with E-state index in [1.54, 1.807) is 0 Å². The molecule has 3 heteroatoms. The van der Waals surface area contributed by atoms with E-state index in [9.17, 15) is 0 Å². The average Bonchev–Trinajstić information content (AvgIpc) is 2.39. The molecule has 1 rings (SSSR count). The first-order chi connectivity index (χ1) is 9.45. The van der Waals surface area contributed by atoms with Crippen molar-refractivity contribution >= 4 is 17.3 Å². The van der Waals surface area contributed by atoms with Gasteiger partial charge in [0.25, 0.3) is 0 Å². The van der Waals surface area contributed by atoms with Crippen LogP contribution in [0.5, 0.6) is 0 Å². The van der Waals surface area contributed by atoms with Crippen LogP contribution in [0.2, 0.25) is 5.02 Å². The lowest BCUT2D eigenvalue weighted by Gasteiger charge is -2.29. The second-order valence-corrected chi connectivity index (χ2v) is 6.71. The van der Waals surface area contributed by atoms with Gasteiger partial charge < -0.3 is 10.6 Å². The molecule has 0 spiro atoms. The Morgan fingerprint density at radius 1 is 1.05 bits per heavy atom. The van der Waals surface area contributed by atoms with Crippen LogP contribution in [-0.2, 0) is 6.54 Å². The number of rotatable bonds is 8. The molecule has 20 heavy (non-hydrogen) atoms. The summed E-state index contributed by atoms with van der Waals surface area (Å²) in [6.45, 7) is 11.7. The van der Waals surface area contributed by atoms with E-state index >= 15 is 0 Å². The summed E-state index contributed by atoms with van der Waals surface area (Å²) in [7, 11) is 0. The number of halogens is 1. The zero-order chi connectivity index (χ0) is 15.1. The Morgan fingerprint density at radius 2 is 1.60 bits per heavy atom. The Morgan fingerprint density at radius 3 is 2.05 bits per heavy atom. The Hall–Kier alpha value is -0.730. The van der Waals surface area contributed by atoms with Crippen LogP contribution >= 0.6 is 11.6 Å². The normalized spacial score (nSPS) is 11.4. The first-order valence-corrected chi connectivity index (χ1v) is 8.05. The van der Waals surface area contributed by atoms with Crippen LogP contribution in [0.4, 0.5) is 5.69 Å². The van der Waals surface area contributed by atoms with E-state index in [2.05, 4.69) is 38.7 Å². The maximum Gasteiger partial charge on any atom is 0.0642 e. The van der Waals surface area contributed by atoms with Gasteiger partial charge in [0.1, 0.15) is 0 Å². The van der Waals surface area contributed by atoms with Gasteiger partial charge in [0, 0.05) is 19.6 Å². The van der Waals surface area contributed by atoms with Gasteiger partial charge in [-0.2, -0.15) is 0 Å². The smallest absolute Gasteiger partial charge is 0.0642 e. The monoisotopic (exact) mass is 296 g/mol. The number of benzene rings is 1. The molecule has 2 nitrogen and oxygen atoms in total. The molecule has 114 valence electrons. The highest BCUT2D eigenvalue weighted by Gasteiger charge is 2.15. The first kappa shape index (κ1) is 17.3. The van der Waals surface area contributed by atoms with Gasteiger partial charge in [-0.1, -0.05) is 51.4 Å². The third-order valence-corrected chi connectivity index (χ3v) is 3.86. The third kappa shape index (κ3) is 5.34. The number of nitrogens with two attached hydrogens (primary N) is 1. The van der Waals surface area contributed by atoms with Gasteiger partial charge in [-0.05, 0) is 36.3 Å². The van der Waals surface area contributed by atoms with Crippen molar-refractivity contribution in [1.29, 1.82) is 0 Å². The molecule has 0 amide bonds. The summed E-state index contributed by atoms with van der Waals surface area (Å²) >= 11 is 6.44. The highest BCUT2D eigenvalue weighted by Crippen LogP contribution is 2.30. The van der Waals surface area contributed by atoms with Gasteiger partial charge in [0.05, 0.1) is 10.7 Å². The van der Waals surface area contributed by atoms with Gasteiger partial charge >= 0.3 is 0 Å². The topological polar surface area (TPSA) is 29.3 Å². The number of hydrogen-bond acceptors (Lipinski definition) is 2. The van der Waals surface area contributed by atoms with Gasteiger partial charge in [-0.15, -0.1) is 0 Å². The summed E-state index contributed by atoms with van der Waals surface area (Å²) in [4.78, 5) is 2.42. The van der Waals surface area contributed by atoms with E-state index in [1.165, 1.54) is 12.8 Å². The summed E-state index contributed by atoms with van der Waals surface area (Å²) in [5, 5.41) is 0.820. The van der Waals surface area contributed by atoms with E-state index in [-0.39, 0.29) is 0 Å². The summed E-state index contributed by atoms with van der Waals surface area (Å²) in [6, 6.07) is 6.03. The number of para-hydroxylation sites is 1. The maximum absolute atomic E-state index is 6.44. The molecule has 0 aliphatic rings. The molecule has 0 aliphatic heterocycles. The highest BCUT2D eigenvalue weighted by molar-refractivity contribution is 6.33. The summed E-state index contributed by atoms with van der Waals surface area (Å²) < 4.78 is 0. The number of nitrogens with zero attached hydrogens (tertiary/aromatic N) is 1. The highest BCUT2D eigenvalue weighted by atomic mass is 35.5. The molecule has 0 heterocycles. The molecule has 0 saturated carbocycles. The van der Waals surface area contributed by atoms with Crippen molar-refractivity contribution in [2.75, 3.05) is 18.0 Å². The summed E-state index contributed by atoms with van der Waals surface area (Å²) in [5.41, 5.74) is 8.16. The van der Waals surface area contributed by atoms with Crippen LogP contribution in [0.25, 0.3) is 0 Å². The lowest BCUT2D eigenvalue weighted by atomic mass is 10.1. The molecular formula is C17H29ClN2. The van der Waals surface area contributed by atoms with Gasteiger partial charge in [-0.3, -0.25) is 0 Å². The van der Waals surface area contributed by atoms with Crippen LogP contribution in [0.1, 0.15) is 46.1 Å². The minimum Gasteiger partial charge on any atom is -0.370 e. The molecule has 0 unspecified atom stereocenters. The van der Waals surface area contributed by atoms with Crippen LogP contribution in [0.15, 0.2) is 18.2 Å². The van der Waals surface area contributed by atoms with Crippen molar-refractivity contribution in [2.24, 2.45) is 17.6 Å². The lowest BCUT2D eigenvalue weighted by Crippen LogP contribution is -2.29. The summed E-state index contributed by atoms with van der Waals surface area (Å²) in [5.74, 6) is 1.39. The van der Waals surface area contributed by atoms with Crippen LogP contribution < -0.4 is 10.6 Å². The fourth-order valence-corrected chi connectivity index (χ4v) is 2.56. The second-order valence-electron chi connectivity index (χ2n) is 6.30. The fourth-order valence-electron chi connectivity index (χ4n) is 2.24. The molecular weight excluding hydrogens is 268 g/mol. The molecule has 2 N–H and O–H groups in total. The van der Waals surface area contributed by atoms with Crippen LogP contribution in [0, 0.1) is 11.8 Å². The average molecular weight is 297 g/mol. The Labute approximate surface area is 129 Å². The Bertz CT molecular complexity index is 390. The predicted octanol–water partition coefficient (Wildman–Crippen LogP) is 4.70.